The summed E-state index contributed by atoms with van der Waals surface area (Å²) < 4.78 is 14.0. The zero-order chi connectivity index (χ0) is 28.9. The number of aromatic nitrogens is 1. The molecule has 0 aliphatic carbocycles. The molecule has 0 saturated heterocycles. The van der Waals surface area contributed by atoms with Crippen molar-refractivity contribution >= 4 is 35.2 Å². The Morgan fingerprint density at radius 1 is 1.10 bits per heavy atom. The molecule has 0 bridgehead atoms. The lowest BCUT2D eigenvalue weighted by Gasteiger charge is -2.18. The highest BCUT2D eigenvalue weighted by molar-refractivity contribution is 6.15. The quantitative estimate of drug-likeness (QED) is 0.159. The van der Waals surface area contributed by atoms with Gasteiger partial charge in [0.15, 0.2) is 0 Å². The second-order valence-corrected chi connectivity index (χ2v) is 9.59. The van der Waals surface area contributed by atoms with E-state index in [1.54, 1.807) is 12.1 Å². The van der Waals surface area contributed by atoms with Gasteiger partial charge < -0.3 is 18.9 Å². The van der Waals surface area contributed by atoms with Gasteiger partial charge in [-0.25, -0.2) is 4.79 Å². The summed E-state index contributed by atoms with van der Waals surface area (Å²) in [7, 11) is 0. The van der Waals surface area contributed by atoms with Crippen molar-refractivity contribution in [2.75, 3.05) is 0 Å². The maximum atomic E-state index is 11.7. The van der Waals surface area contributed by atoms with Gasteiger partial charge in [-0.2, -0.15) is 0 Å². The van der Waals surface area contributed by atoms with Gasteiger partial charge in [-0.3, -0.25) is 10.1 Å². The molecule has 1 heterocycles. The van der Waals surface area contributed by atoms with Crippen molar-refractivity contribution in [1.82, 2.24) is 4.57 Å². The summed E-state index contributed by atoms with van der Waals surface area (Å²) in [6.45, 7) is 17.4. The van der Waals surface area contributed by atoms with Crippen molar-refractivity contribution in [3.63, 3.8) is 0 Å². The van der Waals surface area contributed by atoms with Gasteiger partial charge in [-0.1, -0.05) is 17.8 Å². The summed E-state index contributed by atoms with van der Waals surface area (Å²) in [4.78, 5) is 27.5. The zero-order valence-corrected chi connectivity index (χ0v) is 23.5. The number of hydrogen-bond donors (Lipinski definition) is 0. The van der Waals surface area contributed by atoms with Gasteiger partial charge in [-0.15, -0.1) is 0 Å². The van der Waals surface area contributed by atoms with E-state index in [2.05, 4.69) is 11.7 Å². The molecule has 2 aromatic carbocycles. The molecule has 0 radical (unpaired) electrons. The van der Waals surface area contributed by atoms with Gasteiger partial charge >= 0.3 is 5.97 Å². The van der Waals surface area contributed by atoms with Crippen LogP contribution in [-0.4, -0.2) is 33.4 Å². The monoisotopic (exact) mass is 533 g/mol. The van der Waals surface area contributed by atoms with E-state index >= 15 is 0 Å². The fourth-order valence-electron chi connectivity index (χ4n) is 4.15. The van der Waals surface area contributed by atoms with Crippen molar-refractivity contribution in [2.24, 2.45) is 5.16 Å². The van der Waals surface area contributed by atoms with Gasteiger partial charge in [0.25, 0.3) is 0 Å². The Bertz CT molecular complexity index is 1560. The van der Waals surface area contributed by atoms with Crippen molar-refractivity contribution in [3.8, 4) is 11.5 Å². The van der Waals surface area contributed by atoms with Crippen LogP contribution in [-0.2, 0) is 16.2 Å². The topological polar surface area (TPSA) is 105 Å². The van der Waals surface area contributed by atoms with E-state index in [-0.39, 0.29) is 17.9 Å². The standard InChI is InChI=1S/C30H35N3O6/c1-9-32-27(14-10-20(6)33(35)36)21(7)26-16-23(11-15-28(26)32)30(31-39-22(8)34)25-13-12-24(37-18(2)3)17-29(25)38-19(4)5/h10-19H,7,9H2,1-6,8H3/b20-10+,27-14+,31-30-. The van der Waals surface area contributed by atoms with Crippen LogP contribution < -0.4 is 20.0 Å². The molecular weight excluding hydrogens is 498 g/mol. The van der Waals surface area contributed by atoms with Crippen LogP contribution in [0.5, 0.6) is 11.5 Å². The molecule has 0 amide bonds. The van der Waals surface area contributed by atoms with Crippen LogP contribution in [0.4, 0.5) is 0 Å². The highest BCUT2D eigenvalue weighted by atomic mass is 16.7. The van der Waals surface area contributed by atoms with Gasteiger partial charge in [0.05, 0.1) is 17.1 Å². The number of aryl methyl sites for hydroxylation is 1. The minimum atomic E-state index is -0.556. The zero-order valence-electron chi connectivity index (χ0n) is 23.5. The molecule has 0 aliphatic heterocycles. The molecule has 0 unspecified atom stereocenters. The minimum absolute atomic E-state index is 0.0209. The first kappa shape index (κ1) is 29.2. The predicted molar refractivity (Wildman–Crippen MR) is 153 cm³/mol. The van der Waals surface area contributed by atoms with E-state index in [0.717, 1.165) is 16.3 Å². The van der Waals surface area contributed by atoms with E-state index in [4.69, 9.17) is 14.3 Å². The summed E-state index contributed by atoms with van der Waals surface area (Å²) in [6, 6.07) is 11.2. The van der Waals surface area contributed by atoms with Crippen molar-refractivity contribution < 1.29 is 24.0 Å². The second kappa shape index (κ2) is 12.4. The van der Waals surface area contributed by atoms with Gasteiger partial charge in [0.2, 0.25) is 5.70 Å². The van der Waals surface area contributed by atoms with Gasteiger partial charge in [-0.05, 0) is 65.0 Å². The van der Waals surface area contributed by atoms with Crippen molar-refractivity contribution in [1.29, 1.82) is 0 Å². The molecule has 0 spiro atoms. The molecule has 0 saturated carbocycles. The van der Waals surface area contributed by atoms with Gasteiger partial charge in [0.1, 0.15) is 17.2 Å². The average Bonchev–Trinajstić information content (AvgIpc) is 3.12. The molecular formula is C30H35N3O6. The van der Waals surface area contributed by atoms with Crippen molar-refractivity contribution in [3.05, 3.63) is 80.0 Å². The summed E-state index contributed by atoms with van der Waals surface area (Å²) >= 11 is 0. The first-order valence-corrected chi connectivity index (χ1v) is 12.8. The van der Waals surface area contributed by atoms with E-state index < -0.39 is 10.9 Å². The number of oxime groups is 1. The highest BCUT2D eigenvalue weighted by Crippen LogP contribution is 2.30. The van der Waals surface area contributed by atoms with E-state index in [1.165, 1.54) is 19.9 Å². The summed E-state index contributed by atoms with van der Waals surface area (Å²) in [5.41, 5.74) is 2.64. The summed E-state index contributed by atoms with van der Waals surface area (Å²) in [5, 5.41) is 17.6. The maximum Gasteiger partial charge on any atom is 0.332 e. The number of allylic oxidation sites excluding steroid dienone is 2. The second-order valence-electron chi connectivity index (χ2n) is 9.59. The van der Waals surface area contributed by atoms with E-state index in [9.17, 15) is 14.9 Å². The number of nitro groups is 1. The third-order valence-electron chi connectivity index (χ3n) is 5.78. The number of ether oxygens (including phenoxy) is 2. The first-order chi connectivity index (χ1) is 18.4. The molecule has 3 aromatic rings. The smallest absolute Gasteiger partial charge is 0.332 e. The SMILES string of the molecule is C=c1/c(=C\C=C(/C)[N+](=O)[O-])n(CC)c2ccc(/C(=N/OC(C)=O)c3ccc(OC(C)C)cc3OC(C)C)cc12. The normalized spacial score (nSPS) is 12.9. The molecule has 39 heavy (non-hydrogen) atoms. The molecule has 9 heteroatoms. The van der Waals surface area contributed by atoms with Crippen LogP contribution in [0.2, 0.25) is 0 Å². The third-order valence-corrected chi connectivity index (χ3v) is 5.78. The maximum absolute atomic E-state index is 11.7. The van der Waals surface area contributed by atoms with Crippen LogP contribution >= 0.6 is 0 Å². The van der Waals surface area contributed by atoms with Crippen LogP contribution in [0.1, 0.15) is 59.6 Å². The van der Waals surface area contributed by atoms with Crippen LogP contribution in [0.25, 0.3) is 23.6 Å². The Labute approximate surface area is 227 Å². The van der Waals surface area contributed by atoms with E-state index in [0.29, 0.717) is 40.1 Å². The summed E-state index contributed by atoms with van der Waals surface area (Å²) in [6.07, 6.45) is 3.03. The predicted octanol–water partition coefficient (Wildman–Crippen LogP) is 4.92. The Balaban J connectivity index is 2.27. The molecule has 0 aliphatic rings. The fourth-order valence-corrected chi connectivity index (χ4v) is 4.15. The molecule has 206 valence electrons. The Morgan fingerprint density at radius 3 is 2.38 bits per heavy atom. The molecule has 0 atom stereocenters. The number of benzene rings is 2. The number of rotatable bonds is 10. The van der Waals surface area contributed by atoms with Crippen LogP contribution in [0, 0.1) is 10.1 Å². The number of carbonyl (C=O) groups is 1. The lowest BCUT2D eigenvalue weighted by atomic mass is 9.99. The largest absolute Gasteiger partial charge is 0.491 e. The number of hydrogen-bond acceptors (Lipinski definition) is 7. The minimum Gasteiger partial charge on any atom is -0.491 e. The molecule has 3 rings (SSSR count). The van der Waals surface area contributed by atoms with Gasteiger partial charge in [0, 0.05) is 65.1 Å². The third kappa shape index (κ3) is 6.93. The van der Waals surface area contributed by atoms with Crippen LogP contribution in [0.3, 0.4) is 0 Å². The molecule has 0 N–H and O–H groups in total. The Morgan fingerprint density at radius 2 is 1.79 bits per heavy atom. The lowest BCUT2D eigenvalue weighted by molar-refractivity contribution is -0.424. The average molecular weight is 534 g/mol. The number of nitrogens with zero attached hydrogens (tertiary/aromatic N) is 3. The molecule has 1 aromatic heterocycles. The number of carbonyl (C=O) groups excluding carboxylic acids is 1. The lowest BCUT2D eigenvalue weighted by Crippen LogP contribution is -2.27. The van der Waals surface area contributed by atoms with Crippen molar-refractivity contribution in [2.45, 2.75) is 67.2 Å². The molecule has 9 nitrogen and oxygen atoms in total. The Kier molecular flexibility index (Phi) is 9.29. The Hall–Kier alpha value is -4.40. The highest BCUT2D eigenvalue weighted by Gasteiger charge is 2.19. The number of fused-ring (bicyclic) bond motifs is 1. The fraction of sp³-hybridized carbons (Fsp3) is 0.333. The summed E-state index contributed by atoms with van der Waals surface area (Å²) in [5.74, 6) is 0.619. The van der Waals surface area contributed by atoms with E-state index in [1.807, 2.05) is 69.5 Å². The first-order valence-electron chi connectivity index (χ1n) is 12.8. The molecule has 0 fully saturated rings. The van der Waals surface area contributed by atoms with Crippen LogP contribution in [0.15, 0.2) is 53.3 Å².